The predicted octanol–water partition coefficient (Wildman–Crippen LogP) is 5.82. The molecule has 1 aliphatic rings. The minimum absolute atomic E-state index is 0.0244. The Morgan fingerprint density at radius 1 is 0.977 bits per heavy atom. The van der Waals surface area contributed by atoms with Gasteiger partial charge in [0, 0.05) is 48.6 Å². The highest BCUT2D eigenvalue weighted by atomic mass is 19.4. The Labute approximate surface area is 252 Å². The number of benzene rings is 2. The Morgan fingerprint density at radius 2 is 1.68 bits per heavy atom. The summed E-state index contributed by atoms with van der Waals surface area (Å²) in [4.78, 5) is 23.4. The van der Waals surface area contributed by atoms with Gasteiger partial charge in [0.15, 0.2) is 11.5 Å². The average molecular weight is 617 g/mol. The van der Waals surface area contributed by atoms with E-state index in [1.54, 1.807) is 72.4 Å². The highest BCUT2D eigenvalue weighted by Crippen LogP contribution is 2.39. The summed E-state index contributed by atoms with van der Waals surface area (Å²) in [5.41, 5.74) is 0.891. The second kappa shape index (κ2) is 11.9. The topological polar surface area (TPSA) is 112 Å². The first-order valence-electron chi connectivity index (χ1n) is 14.0. The Balaban J connectivity index is 1.55. The fourth-order valence-electron chi connectivity index (χ4n) is 5.19. The highest BCUT2D eigenvalue weighted by molar-refractivity contribution is 5.93. The van der Waals surface area contributed by atoms with Crippen LogP contribution in [0, 0.1) is 5.92 Å². The molecule has 5 rings (SSSR count). The number of piperidine rings is 1. The number of likely N-dealkylation sites (tertiary alicyclic amines) is 1. The fourth-order valence-corrected chi connectivity index (χ4v) is 5.19. The standard InChI is InChI=1S/C30H35F3N6O5/c1-29(2,3)44-28(40)38-15-18(11-19(16-38)30(31,32)33)25-36-26-22-10-9-20(41-4)12-23(22)35-27(39(26)37-25)34-14-17-7-8-21(42-5)13-24(17)43-6/h7-10,12-13,18-19H,11,14-16H2,1-6H3,(H,34,35). The van der Waals surface area contributed by atoms with Crippen molar-refractivity contribution in [1.82, 2.24) is 24.5 Å². The minimum Gasteiger partial charge on any atom is -0.497 e. The molecule has 0 saturated carbocycles. The first-order chi connectivity index (χ1) is 20.8. The number of hydrogen-bond acceptors (Lipinski definition) is 9. The van der Waals surface area contributed by atoms with Gasteiger partial charge in [0.2, 0.25) is 5.95 Å². The van der Waals surface area contributed by atoms with Gasteiger partial charge in [-0.3, -0.25) is 0 Å². The van der Waals surface area contributed by atoms with E-state index < -0.39 is 36.3 Å². The SMILES string of the molecule is COc1ccc(CNc2nc3cc(OC)ccc3c3nc(C4CC(C(F)(F)F)CN(C(=O)OC(C)(C)C)C4)nn23)c(OC)c1. The molecule has 236 valence electrons. The summed E-state index contributed by atoms with van der Waals surface area (Å²) in [7, 11) is 4.66. The lowest BCUT2D eigenvalue weighted by atomic mass is 9.88. The number of fused-ring (bicyclic) bond motifs is 3. The number of anilines is 1. The average Bonchev–Trinajstić information content (AvgIpc) is 3.44. The molecule has 2 unspecified atom stereocenters. The van der Waals surface area contributed by atoms with Crippen molar-refractivity contribution < 1.29 is 36.9 Å². The Bertz CT molecular complexity index is 1670. The molecule has 2 atom stereocenters. The van der Waals surface area contributed by atoms with Crippen LogP contribution in [-0.4, -0.2) is 76.8 Å². The van der Waals surface area contributed by atoms with Gasteiger partial charge in [-0.25, -0.2) is 14.8 Å². The lowest BCUT2D eigenvalue weighted by molar-refractivity contribution is -0.187. The number of rotatable bonds is 7. The molecule has 14 heteroatoms. The van der Waals surface area contributed by atoms with E-state index in [1.807, 2.05) is 6.07 Å². The summed E-state index contributed by atoms with van der Waals surface area (Å²) in [6, 6.07) is 10.7. The van der Waals surface area contributed by atoms with Crippen molar-refractivity contribution >= 4 is 28.6 Å². The van der Waals surface area contributed by atoms with E-state index in [0.29, 0.717) is 39.7 Å². The molecule has 4 aromatic rings. The summed E-state index contributed by atoms with van der Waals surface area (Å²) >= 11 is 0. The maximum atomic E-state index is 14.0. The van der Waals surface area contributed by atoms with Crippen LogP contribution in [0.25, 0.3) is 16.6 Å². The number of hydrogen-bond donors (Lipinski definition) is 1. The molecule has 2 aromatic carbocycles. The van der Waals surface area contributed by atoms with Crippen molar-refractivity contribution in [2.45, 2.75) is 51.4 Å². The van der Waals surface area contributed by atoms with Crippen LogP contribution in [0.4, 0.5) is 23.9 Å². The molecule has 0 aliphatic carbocycles. The molecule has 0 spiro atoms. The third kappa shape index (κ3) is 6.53. The van der Waals surface area contributed by atoms with Gasteiger partial charge in [-0.05, 0) is 51.5 Å². The fraction of sp³-hybridized carbons (Fsp3) is 0.467. The quantitative estimate of drug-likeness (QED) is 0.275. The number of nitrogens with zero attached hydrogens (tertiary/aromatic N) is 5. The van der Waals surface area contributed by atoms with Gasteiger partial charge >= 0.3 is 12.3 Å². The molecule has 2 aromatic heterocycles. The van der Waals surface area contributed by atoms with Crippen LogP contribution in [-0.2, 0) is 11.3 Å². The van der Waals surface area contributed by atoms with Gasteiger partial charge in [0.25, 0.3) is 0 Å². The van der Waals surface area contributed by atoms with Gasteiger partial charge in [-0.15, -0.1) is 5.10 Å². The Kier molecular flexibility index (Phi) is 8.36. The monoisotopic (exact) mass is 616 g/mol. The maximum Gasteiger partial charge on any atom is 0.410 e. The minimum atomic E-state index is -4.52. The van der Waals surface area contributed by atoms with E-state index in [1.165, 1.54) is 4.52 Å². The molecule has 0 radical (unpaired) electrons. The van der Waals surface area contributed by atoms with Crippen LogP contribution in [0.5, 0.6) is 17.2 Å². The molecule has 1 aliphatic heterocycles. The van der Waals surface area contributed by atoms with Crippen molar-refractivity contribution in [3.8, 4) is 17.2 Å². The van der Waals surface area contributed by atoms with E-state index in [0.717, 1.165) is 10.5 Å². The number of nitrogens with one attached hydrogen (secondary N) is 1. The van der Waals surface area contributed by atoms with Crippen LogP contribution in [0.1, 0.15) is 44.5 Å². The first kappa shape index (κ1) is 31.0. The number of aromatic nitrogens is 4. The van der Waals surface area contributed by atoms with Crippen LogP contribution < -0.4 is 19.5 Å². The first-order valence-corrected chi connectivity index (χ1v) is 14.0. The largest absolute Gasteiger partial charge is 0.497 e. The zero-order valence-electron chi connectivity index (χ0n) is 25.4. The predicted molar refractivity (Wildman–Crippen MR) is 156 cm³/mol. The smallest absolute Gasteiger partial charge is 0.410 e. The van der Waals surface area contributed by atoms with Crippen molar-refractivity contribution in [3.05, 3.63) is 47.8 Å². The van der Waals surface area contributed by atoms with E-state index >= 15 is 0 Å². The Hall–Kier alpha value is -4.49. The highest BCUT2D eigenvalue weighted by Gasteiger charge is 2.47. The van der Waals surface area contributed by atoms with Gasteiger partial charge in [-0.2, -0.15) is 17.7 Å². The second-order valence-electron chi connectivity index (χ2n) is 11.6. The number of ether oxygens (including phenoxy) is 4. The van der Waals surface area contributed by atoms with E-state index in [4.69, 9.17) is 28.9 Å². The Morgan fingerprint density at radius 3 is 2.34 bits per heavy atom. The van der Waals surface area contributed by atoms with Crippen molar-refractivity contribution in [3.63, 3.8) is 0 Å². The maximum absolute atomic E-state index is 14.0. The summed E-state index contributed by atoms with van der Waals surface area (Å²) in [6.45, 7) is 4.76. The molecule has 1 N–H and O–H groups in total. The summed E-state index contributed by atoms with van der Waals surface area (Å²) in [6.07, 6.45) is -5.60. The lowest BCUT2D eigenvalue weighted by Crippen LogP contribution is -2.49. The molecule has 44 heavy (non-hydrogen) atoms. The number of amides is 1. The van der Waals surface area contributed by atoms with Gasteiger partial charge in [0.1, 0.15) is 22.8 Å². The van der Waals surface area contributed by atoms with Crippen LogP contribution >= 0.6 is 0 Å². The number of halogens is 3. The number of methoxy groups -OCH3 is 3. The zero-order chi connectivity index (χ0) is 31.8. The summed E-state index contributed by atoms with van der Waals surface area (Å²) in [5.74, 6) is -0.282. The molecule has 1 fully saturated rings. The third-order valence-electron chi connectivity index (χ3n) is 7.36. The van der Waals surface area contributed by atoms with Crippen molar-refractivity contribution in [2.75, 3.05) is 39.7 Å². The van der Waals surface area contributed by atoms with Crippen LogP contribution in [0.3, 0.4) is 0 Å². The van der Waals surface area contributed by atoms with E-state index in [9.17, 15) is 18.0 Å². The lowest BCUT2D eigenvalue weighted by Gasteiger charge is -2.38. The van der Waals surface area contributed by atoms with Crippen LogP contribution in [0.2, 0.25) is 0 Å². The normalized spacial score (nSPS) is 17.5. The van der Waals surface area contributed by atoms with E-state index in [2.05, 4.69) is 10.4 Å². The van der Waals surface area contributed by atoms with Gasteiger partial charge in [-0.1, -0.05) is 0 Å². The zero-order valence-corrected chi connectivity index (χ0v) is 25.4. The molecule has 0 bridgehead atoms. The molecule has 1 amide bonds. The van der Waals surface area contributed by atoms with Crippen LogP contribution in [0.15, 0.2) is 36.4 Å². The third-order valence-corrected chi connectivity index (χ3v) is 7.36. The van der Waals surface area contributed by atoms with Gasteiger partial charge in [0.05, 0.1) is 32.8 Å². The summed E-state index contributed by atoms with van der Waals surface area (Å²) < 4.78 is 65.2. The van der Waals surface area contributed by atoms with Crippen molar-refractivity contribution in [2.24, 2.45) is 5.92 Å². The number of carbonyl (C=O) groups is 1. The number of carbonyl (C=O) groups excluding carboxylic acids is 1. The molecule has 1 saturated heterocycles. The molecule has 11 nitrogen and oxygen atoms in total. The second-order valence-corrected chi connectivity index (χ2v) is 11.6. The molecular weight excluding hydrogens is 581 g/mol. The van der Waals surface area contributed by atoms with Gasteiger partial charge < -0.3 is 29.2 Å². The van der Waals surface area contributed by atoms with Crippen molar-refractivity contribution in [1.29, 1.82) is 0 Å². The number of alkyl halides is 3. The molecule has 3 heterocycles. The van der Waals surface area contributed by atoms with E-state index in [-0.39, 0.29) is 25.3 Å². The summed E-state index contributed by atoms with van der Waals surface area (Å²) in [5, 5.41) is 8.55. The molecular formula is C30H35F3N6O5.